The summed E-state index contributed by atoms with van der Waals surface area (Å²) in [5, 5.41) is 5.81. The zero-order chi connectivity index (χ0) is 17.9. The molecule has 26 heavy (non-hydrogen) atoms. The molecule has 2 aromatic rings. The Hall–Kier alpha value is -2.28. The van der Waals surface area contributed by atoms with Crippen molar-refractivity contribution in [2.75, 3.05) is 6.61 Å². The highest BCUT2D eigenvalue weighted by Gasteiger charge is 2.37. The fourth-order valence-corrected chi connectivity index (χ4v) is 4.14. The SMILES string of the molecule is Cn1cc(C[C@H]2CC[C@H](C(=O)N3OCC[C@H]3c3cnccn3)CC2)cn1. The molecule has 7 heteroatoms. The van der Waals surface area contributed by atoms with Gasteiger partial charge in [0.05, 0.1) is 24.7 Å². The molecule has 1 amide bonds. The van der Waals surface area contributed by atoms with E-state index in [1.54, 1.807) is 23.7 Å². The molecular formula is C19H25N5O2. The summed E-state index contributed by atoms with van der Waals surface area (Å²) in [5.74, 6) is 0.800. The second-order valence-corrected chi connectivity index (χ2v) is 7.38. The van der Waals surface area contributed by atoms with Crippen molar-refractivity contribution in [1.29, 1.82) is 0 Å². The number of nitrogens with zero attached hydrogens (tertiary/aromatic N) is 5. The number of carbonyl (C=O) groups is 1. The van der Waals surface area contributed by atoms with Crippen molar-refractivity contribution in [1.82, 2.24) is 24.8 Å². The number of aromatic nitrogens is 4. The van der Waals surface area contributed by atoms with Crippen LogP contribution in [0, 0.1) is 11.8 Å². The lowest BCUT2D eigenvalue weighted by Gasteiger charge is -2.31. The standard InChI is InChI=1S/C19H25N5O2/c1-23-13-15(11-22-23)10-14-2-4-16(5-3-14)19(25)24-18(6-9-26-24)17-12-20-7-8-21-17/h7-8,11-14,16,18H,2-6,9-10H2,1H3/t14-,16-,18-/m0/s1. The Morgan fingerprint density at radius 3 is 2.73 bits per heavy atom. The second-order valence-electron chi connectivity index (χ2n) is 7.38. The lowest BCUT2D eigenvalue weighted by molar-refractivity contribution is -0.183. The van der Waals surface area contributed by atoms with Gasteiger partial charge in [0, 0.05) is 38.0 Å². The van der Waals surface area contributed by atoms with E-state index in [2.05, 4.69) is 21.3 Å². The Bertz CT molecular complexity index is 739. The average Bonchev–Trinajstić information content (AvgIpc) is 3.32. The van der Waals surface area contributed by atoms with Crippen molar-refractivity contribution in [3.05, 3.63) is 42.2 Å². The molecule has 1 saturated heterocycles. The fourth-order valence-electron chi connectivity index (χ4n) is 4.14. The van der Waals surface area contributed by atoms with Crippen LogP contribution in [0.4, 0.5) is 0 Å². The largest absolute Gasteiger partial charge is 0.276 e. The second kappa shape index (κ2) is 7.53. The van der Waals surface area contributed by atoms with Gasteiger partial charge < -0.3 is 0 Å². The molecule has 2 fully saturated rings. The monoisotopic (exact) mass is 355 g/mol. The first-order valence-corrected chi connectivity index (χ1v) is 9.40. The molecule has 0 unspecified atom stereocenters. The van der Waals surface area contributed by atoms with Crippen LogP contribution in [0.25, 0.3) is 0 Å². The maximum absolute atomic E-state index is 13.0. The van der Waals surface area contributed by atoms with Crippen molar-refractivity contribution in [3.8, 4) is 0 Å². The van der Waals surface area contributed by atoms with Gasteiger partial charge in [0.15, 0.2) is 0 Å². The molecule has 4 rings (SSSR count). The molecule has 0 spiro atoms. The molecule has 7 nitrogen and oxygen atoms in total. The summed E-state index contributed by atoms with van der Waals surface area (Å²) in [6.45, 7) is 0.559. The zero-order valence-corrected chi connectivity index (χ0v) is 15.1. The number of hydrogen-bond donors (Lipinski definition) is 0. The van der Waals surface area contributed by atoms with Crippen LogP contribution < -0.4 is 0 Å². The first kappa shape index (κ1) is 17.1. The Balaban J connectivity index is 1.34. The van der Waals surface area contributed by atoms with Crippen LogP contribution in [0.5, 0.6) is 0 Å². The molecule has 3 heterocycles. The third-order valence-corrected chi connectivity index (χ3v) is 5.53. The van der Waals surface area contributed by atoms with Gasteiger partial charge in [-0.1, -0.05) is 0 Å². The maximum atomic E-state index is 13.0. The van der Waals surface area contributed by atoms with E-state index < -0.39 is 0 Å². The normalized spacial score (nSPS) is 26.2. The van der Waals surface area contributed by atoms with Crippen LogP contribution in [0.2, 0.25) is 0 Å². The molecule has 0 radical (unpaired) electrons. The first-order valence-electron chi connectivity index (χ1n) is 9.40. The minimum atomic E-state index is -0.107. The van der Waals surface area contributed by atoms with Gasteiger partial charge >= 0.3 is 0 Å². The number of amides is 1. The van der Waals surface area contributed by atoms with E-state index in [4.69, 9.17) is 4.84 Å². The average molecular weight is 355 g/mol. The highest BCUT2D eigenvalue weighted by Crippen LogP contribution is 2.36. The van der Waals surface area contributed by atoms with Gasteiger partial charge in [0.25, 0.3) is 0 Å². The topological polar surface area (TPSA) is 73.1 Å². The quantitative estimate of drug-likeness (QED) is 0.842. The van der Waals surface area contributed by atoms with Crippen LogP contribution in [0.15, 0.2) is 31.0 Å². The molecule has 1 aliphatic heterocycles. The molecular weight excluding hydrogens is 330 g/mol. The molecule has 1 aliphatic carbocycles. The van der Waals surface area contributed by atoms with Crippen LogP contribution >= 0.6 is 0 Å². The van der Waals surface area contributed by atoms with Crippen molar-refractivity contribution < 1.29 is 9.63 Å². The minimum absolute atomic E-state index is 0.0532. The van der Waals surface area contributed by atoms with E-state index in [1.807, 2.05) is 17.9 Å². The third-order valence-electron chi connectivity index (χ3n) is 5.53. The lowest BCUT2D eigenvalue weighted by atomic mass is 9.79. The van der Waals surface area contributed by atoms with Gasteiger partial charge in [0.1, 0.15) is 6.04 Å². The van der Waals surface area contributed by atoms with Crippen molar-refractivity contribution in [3.63, 3.8) is 0 Å². The van der Waals surface area contributed by atoms with E-state index in [1.165, 1.54) is 5.56 Å². The van der Waals surface area contributed by atoms with Crippen molar-refractivity contribution >= 4 is 5.91 Å². The van der Waals surface area contributed by atoms with Gasteiger partial charge in [-0.05, 0) is 43.6 Å². The number of carbonyl (C=O) groups excluding carboxylic acids is 1. The smallest absolute Gasteiger partial charge is 0.249 e. The predicted octanol–water partition coefficient (Wildman–Crippen LogP) is 2.46. The van der Waals surface area contributed by atoms with E-state index in [-0.39, 0.29) is 17.9 Å². The summed E-state index contributed by atoms with van der Waals surface area (Å²) in [6, 6.07) is -0.107. The van der Waals surface area contributed by atoms with E-state index >= 15 is 0 Å². The molecule has 0 N–H and O–H groups in total. The summed E-state index contributed by atoms with van der Waals surface area (Å²) in [7, 11) is 1.95. The van der Waals surface area contributed by atoms with Gasteiger partial charge in [-0.15, -0.1) is 0 Å². The number of hydroxylamine groups is 2. The molecule has 1 atom stereocenters. The summed E-state index contributed by atoms with van der Waals surface area (Å²) in [5.41, 5.74) is 2.09. The predicted molar refractivity (Wildman–Crippen MR) is 94.5 cm³/mol. The van der Waals surface area contributed by atoms with E-state index in [0.29, 0.717) is 12.5 Å². The van der Waals surface area contributed by atoms with Crippen molar-refractivity contribution in [2.24, 2.45) is 18.9 Å². The van der Waals surface area contributed by atoms with E-state index in [9.17, 15) is 4.79 Å². The molecule has 1 saturated carbocycles. The van der Waals surface area contributed by atoms with Gasteiger partial charge in [-0.3, -0.25) is 24.3 Å². The first-order chi connectivity index (χ1) is 12.7. The van der Waals surface area contributed by atoms with E-state index in [0.717, 1.165) is 44.2 Å². The van der Waals surface area contributed by atoms with Crippen LogP contribution in [0.1, 0.15) is 49.4 Å². The zero-order valence-electron chi connectivity index (χ0n) is 15.1. The van der Waals surface area contributed by atoms with Crippen LogP contribution in [-0.2, 0) is 23.1 Å². The Morgan fingerprint density at radius 2 is 2.04 bits per heavy atom. The van der Waals surface area contributed by atoms with Gasteiger partial charge in [-0.25, -0.2) is 5.06 Å². The molecule has 2 aromatic heterocycles. The molecule has 0 bridgehead atoms. The summed E-state index contributed by atoms with van der Waals surface area (Å²) >= 11 is 0. The van der Waals surface area contributed by atoms with Crippen LogP contribution in [-0.4, -0.2) is 37.3 Å². The summed E-state index contributed by atoms with van der Waals surface area (Å²) in [4.78, 5) is 27.1. The van der Waals surface area contributed by atoms with Crippen LogP contribution in [0.3, 0.4) is 0 Å². The minimum Gasteiger partial charge on any atom is -0.276 e. The van der Waals surface area contributed by atoms with Gasteiger partial charge in [0.2, 0.25) is 5.91 Å². The Morgan fingerprint density at radius 1 is 1.19 bits per heavy atom. The lowest BCUT2D eigenvalue weighted by Crippen LogP contribution is -2.37. The maximum Gasteiger partial charge on any atom is 0.249 e. The number of hydrogen-bond acceptors (Lipinski definition) is 5. The fraction of sp³-hybridized carbons (Fsp3) is 0.579. The van der Waals surface area contributed by atoms with Crippen molar-refractivity contribution in [2.45, 2.75) is 44.6 Å². The molecule has 138 valence electrons. The summed E-state index contributed by atoms with van der Waals surface area (Å²) in [6.07, 6.45) is 14.9. The highest BCUT2D eigenvalue weighted by molar-refractivity contribution is 5.78. The molecule has 0 aromatic carbocycles. The summed E-state index contributed by atoms with van der Waals surface area (Å²) < 4.78 is 1.85. The van der Waals surface area contributed by atoms with Gasteiger partial charge in [-0.2, -0.15) is 5.10 Å². The highest BCUT2D eigenvalue weighted by atomic mass is 16.7. The Labute approximate surface area is 153 Å². The molecule has 2 aliphatic rings. The third kappa shape index (κ3) is 3.62. The number of rotatable bonds is 4. The Kier molecular flexibility index (Phi) is 4.97. The number of aryl methyl sites for hydroxylation is 1.